The summed E-state index contributed by atoms with van der Waals surface area (Å²) in [7, 11) is 0. The van der Waals surface area contributed by atoms with Crippen LogP contribution in [-0.4, -0.2) is 11.8 Å². The van der Waals surface area contributed by atoms with Crippen LogP contribution in [0.25, 0.3) is 0 Å². The Morgan fingerprint density at radius 1 is 1.42 bits per heavy atom. The zero-order valence-corrected chi connectivity index (χ0v) is 7.69. The van der Waals surface area contributed by atoms with E-state index >= 15 is 0 Å². The van der Waals surface area contributed by atoms with Crippen molar-refractivity contribution in [3.05, 3.63) is 35.4 Å². The molecule has 1 aromatic carbocycles. The van der Waals surface area contributed by atoms with Crippen LogP contribution in [0.15, 0.2) is 28.7 Å². The van der Waals surface area contributed by atoms with Crippen molar-refractivity contribution in [2.24, 2.45) is 4.40 Å². The maximum absolute atomic E-state index is 7.53. The van der Waals surface area contributed by atoms with Crippen LogP contribution in [0.3, 0.4) is 0 Å². The van der Waals surface area contributed by atoms with E-state index in [-0.39, 0.29) is 0 Å². The van der Waals surface area contributed by atoms with E-state index in [4.69, 9.17) is 5.41 Å². The summed E-state index contributed by atoms with van der Waals surface area (Å²) >= 11 is 1.09. The Bertz CT molecular complexity index is 290. The van der Waals surface area contributed by atoms with Crippen LogP contribution in [0.5, 0.6) is 0 Å². The fourth-order valence-corrected chi connectivity index (χ4v) is 1.19. The van der Waals surface area contributed by atoms with Crippen LogP contribution in [0.4, 0.5) is 0 Å². The third-order valence-corrected chi connectivity index (χ3v) is 2.02. The minimum Gasteiger partial charge on any atom is -0.292 e. The second-order valence-corrected chi connectivity index (χ2v) is 3.26. The van der Waals surface area contributed by atoms with Crippen LogP contribution in [0.2, 0.25) is 0 Å². The highest BCUT2D eigenvalue weighted by molar-refractivity contribution is 8.13. The normalized spacial score (nSPS) is 9.42. The summed E-state index contributed by atoms with van der Waals surface area (Å²) in [4.78, 5) is 0. The van der Waals surface area contributed by atoms with Crippen molar-refractivity contribution in [2.45, 2.75) is 6.92 Å². The van der Waals surface area contributed by atoms with Crippen molar-refractivity contribution in [3.63, 3.8) is 0 Å². The molecule has 0 aromatic heterocycles. The molecule has 0 bridgehead atoms. The Morgan fingerprint density at radius 2 is 2.00 bits per heavy atom. The molecule has 0 atom stereocenters. The van der Waals surface area contributed by atoms with Crippen molar-refractivity contribution in [1.29, 1.82) is 5.41 Å². The van der Waals surface area contributed by atoms with Crippen molar-refractivity contribution in [1.82, 2.24) is 0 Å². The standard InChI is InChI=1S/C9H10N2S/c1-7-3-5-8(6-4-7)9(10)12-11-2/h3-6,10H,2H2,1H3. The highest BCUT2D eigenvalue weighted by Crippen LogP contribution is 2.12. The Morgan fingerprint density at radius 3 is 2.50 bits per heavy atom. The Balaban J connectivity index is 2.82. The summed E-state index contributed by atoms with van der Waals surface area (Å²) in [5.41, 5.74) is 2.08. The maximum Gasteiger partial charge on any atom is 0.117 e. The predicted octanol–water partition coefficient (Wildman–Crippen LogP) is 2.67. The second-order valence-electron chi connectivity index (χ2n) is 2.42. The molecule has 0 aliphatic heterocycles. The molecule has 0 saturated heterocycles. The molecule has 0 radical (unpaired) electrons. The predicted molar refractivity (Wildman–Crippen MR) is 55.1 cm³/mol. The zero-order chi connectivity index (χ0) is 8.97. The Labute approximate surface area is 76.4 Å². The van der Waals surface area contributed by atoms with Gasteiger partial charge in [-0.1, -0.05) is 29.8 Å². The molecule has 0 aliphatic rings. The van der Waals surface area contributed by atoms with Gasteiger partial charge in [-0.3, -0.25) is 5.41 Å². The third kappa shape index (κ3) is 2.20. The van der Waals surface area contributed by atoms with Crippen LogP contribution in [0, 0.1) is 12.3 Å². The summed E-state index contributed by atoms with van der Waals surface area (Å²) in [6.45, 7) is 5.34. The van der Waals surface area contributed by atoms with Crippen LogP contribution < -0.4 is 0 Å². The average Bonchev–Trinajstić information content (AvgIpc) is 2.06. The smallest absolute Gasteiger partial charge is 0.117 e. The van der Waals surface area contributed by atoms with Gasteiger partial charge in [-0.2, -0.15) is 0 Å². The van der Waals surface area contributed by atoms with Gasteiger partial charge in [-0.05, 0) is 13.6 Å². The number of aryl methyl sites for hydroxylation is 1. The molecule has 12 heavy (non-hydrogen) atoms. The molecule has 3 heteroatoms. The maximum atomic E-state index is 7.53. The highest BCUT2D eigenvalue weighted by atomic mass is 32.2. The van der Waals surface area contributed by atoms with Crippen LogP contribution in [0.1, 0.15) is 11.1 Å². The number of rotatable bonds is 2. The van der Waals surface area contributed by atoms with E-state index in [0.717, 1.165) is 17.5 Å². The van der Waals surface area contributed by atoms with E-state index in [0.29, 0.717) is 5.04 Å². The minimum absolute atomic E-state index is 0.435. The largest absolute Gasteiger partial charge is 0.292 e. The molecule has 0 heterocycles. The molecule has 1 rings (SSSR count). The second kappa shape index (κ2) is 4.07. The van der Waals surface area contributed by atoms with Gasteiger partial charge < -0.3 is 0 Å². The minimum atomic E-state index is 0.435. The van der Waals surface area contributed by atoms with E-state index in [1.807, 2.05) is 31.2 Å². The van der Waals surface area contributed by atoms with E-state index in [2.05, 4.69) is 11.1 Å². The lowest BCUT2D eigenvalue weighted by Crippen LogP contribution is -1.90. The Kier molecular flexibility index (Phi) is 3.05. The average molecular weight is 178 g/mol. The summed E-state index contributed by atoms with van der Waals surface area (Å²) in [6, 6.07) is 7.78. The molecule has 62 valence electrons. The molecule has 0 saturated carbocycles. The number of nitrogens with zero attached hydrogens (tertiary/aromatic N) is 1. The molecular formula is C9H10N2S. The summed E-state index contributed by atoms with van der Waals surface area (Å²) in [6.07, 6.45) is 0. The first kappa shape index (κ1) is 9.00. The topological polar surface area (TPSA) is 36.2 Å². The first-order valence-electron chi connectivity index (χ1n) is 3.52. The zero-order valence-electron chi connectivity index (χ0n) is 6.87. The molecule has 1 aromatic rings. The summed E-state index contributed by atoms with van der Waals surface area (Å²) in [5, 5.41) is 7.96. The molecule has 0 amide bonds. The molecule has 2 nitrogen and oxygen atoms in total. The van der Waals surface area contributed by atoms with E-state index in [1.54, 1.807) is 0 Å². The lowest BCUT2D eigenvalue weighted by atomic mass is 10.2. The van der Waals surface area contributed by atoms with Crippen LogP contribution >= 0.6 is 11.9 Å². The number of benzene rings is 1. The van der Waals surface area contributed by atoms with Gasteiger partial charge in [0.05, 0.1) is 0 Å². The fourth-order valence-electron chi connectivity index (χ4n) is 0.822. The summed E-state index contributed by atoms with van der Waals surface area (Å²) < 4.78 is 3.58. The van der Waals surface area contributed by atoms with Gasteiger partial charge in [0.1, 0.15) is 5.04 Å². The monoisotopic (exact) mass is 178 g/mol. The van der Waals surface area contributed by atoms with Gasteiger partial charge in [0.2, 0.25) is 0 Å². The van der Waals surface area contributed by atoms with Gasteiger partial charge in [-0.25, -0.2) is 4.40 Å². The van der Waals surface area contributed by atoms with E-state index < -0.39 is 0 Å². The van der Waals surface area contributed by atoms with Crippen molar-refractivity contribution >= 4 is 23.7 Å². The molecule has 0 spiro atoms. The number of nitrogens with one attached hydrogen (secondary N) is 1. The first-order valence-corrected chi connectivity index (χ1v) is 4.30. The molecule has 0 aliphatic carbocycles. The lowest BCUT2D eigenvalue weighted by Gasteiger charge is -1.98. The molecule has 1 N–H and O–H groups in total. The highest BCUT2D eigenvalue weighted by Gasteiger charge is 1.98. The van der Waals surface area contributed by atoms with Crippen LogP contribution in [-0.2, 0) is 0 Å². The fraction of sp³-hybridized carbons (Fsp3) is 0.111. The number of hydrogen-bond acceptors (Lipinski definition) is 3. The quantitative estimate of drug-likeness (QED) is 0.422. The van der Waals surface area contributed by atoms with Gasteiger partial charge >= 0.3 is 0 Å². The van der Waals surface area contributed by atoms with E-state index in [1.165, 1.54) is 5.56 Å². The summed E-state index contributed by atoms with van der Waals surface area (Å²) in [5.74, 6) is 0. The van der Waals surface area contributed by atoms with Gasteiger partial charge in [-0.15, -0.1) is 0 Å². The molecule has 0 unspecified atom stereocenters. The number of hydrogen-bond donors (Lipinski definition) is 1. The van der Waals surface area contributed by atoms with E-state index in [9.17, 15) is 0 Å². The SMILES string of the molecule is C=NSC(=N)c1ccc(C)cc1. The van der Waals surface area contributed by atoms with Crippen molar-refractivity contribution in [2.75, 3.05) is 0 Å². The van der Waals surface area contributed by atoms with Gasteiger partial charge in [0.25, 0.3) is 0 Å². The molecular weight excluding hydrogens is 168 g/mol. The molecule has 0 fully saturated rings. The first-order chi connectivity index (χ1) is 5.74. The lowest BCUT2D eigenvalue weighted by molar-refractivity contribution is 1.45. The van der Waals surface area contributed by atoms with Gasteiger partial charge in [0.15, 0.2) is 0 Å². The van der Waals surface area contributed by atoms with Gasteiger partial charge in [0, 0.05) is 17.5 Å². The third-order valence-electron chi connectivity index (χ3n) is 1.47. The van der Waals surface area contributed by atoms with Crippen molar-refractivity contribution < 1.29 is 0 Å². The van der Waals surface area contributed by atoms with Crippen molar-refractivity contribution in [3.8, 4) is 0 Å². The Hall–Kier alpha value is -1.09.